The fourth-order valence-corrected chi connectivity index (χ4v) is 5.54. The average Bonchev–Trinajstić information content (AvgIpc) is 3.34. The second-order valence-corrected chi connectivity index (χ2v) is 10.1. The zero-order chi connectivity index (χ0) is 23.5. The normalized spacial score (nSPS) is 25.6. The van der Waals surface area contributed by atoms with Crippen molar-refractivity contribution in [3.05, 3.63) is 42.0 Å². The number of hydrogen-bond acceptors (Lipinski definition) is 5. The van der Waals surface area contributed by atoms with Crippen LogP contribution in [-0.2, 0) is 22.5 Å². The molecule has 3 aliphatic heterocycles. The van der Waals surface area contributed by atoms with Gasteiger partial charge in [-0.2, -0.15) is 10.4 Å². The van der Waals surface area contributed by atoms with Gasteiger partial charge in [-0.1, -0.05) is 12.1 Å². The topological polar surface area (TPSA) is 92.0 Å². The predicted molar refractivity (Wildman–Crippen MR) is 125 cm³/mol. The first-order chi connectivity index (χ1) is 16.5. The molecule has 8 heteroatoms. The first-order valence-electron chi connectivity index (χ1n) is 12.4. The number of nitrogens with zero attached hydrogens (tertiary/aromatic N) is 3. The molecule has 1 aromatic heterocycles. The fourth-order valence-electron chi connectivity index (χ4n) is 5.54. The summed E-state index contributed by atoms with van der Waals surface area (Å²) in [6.07, 6.45) is 9.60. The van der Waals surface area contributed by atoms with Crippen LogP contribution in [-0.4, -0.2) is 47.0 Å². The van der Waals surface area contributed by atoms with Crippen molar-refractivity contribution in [2.75, 3.05) is 19.8 Å². The number of nitrogens with one attached hydrogen (secondary N) is 2. The molecule has 34 heavy (non-hydrogen) atoms. The van der Waals surface area contributed by atoms with Crippen molar-refractivity contribution in [2.24, 2.45) is 11.8 Å². The van der Waals surface area contributed by atoms with Crippen LogP contribution in [0.2, 0.25) is 0 Å². The number of aromatic nitrogens is 2. The lowest BCUT2D eigenvalue weighted by Gasteiger charge is -2.46. The van der Waals surface area contributed by atoms with E-state index >= 15 is 0 Å². The van der Waals surface area contributed by atoms with Crippen molar-refractivity contribution in [1.82, 2.24) is 20.4 Å². The van der Waals surface area contributed by atoms with E-state index in [2.05, 4.69) is 21.8 Å². The van der Waals surface area contributed by atoms with Crippen LogP contribution in [0.3, 0.4) is 0 Å². The fraction of sp³-hybridized carbons (Fsp3) is 0.577. The third-order valence-corrected chi connectivity index (χ3v) is 7.81. The molecule has 0 radical (unpaired) electrons. The Morgan fingerprint density at radius 3 is 2.76 bits per heavy atom. The summed E-state index contributed by atoms with van der Waals surface area (Å²) in [4.78, 5) is 13.0. The Hall–Kier alpha value is -2.76. The Bertz CT molecular complexity index is 1050. The van der Waals surface area contributed by atoms with E-state index in [0.717, 1.165) is 76.0 Å². The number of rotatable bonds is 7. The zero-order valence-electron chi connectivity index (χ0n) is 19.4. The van der Waals surface area contributed by atoms with Crippen LogP contribution < -0.4 is 10.6 Å². The lowest BCUT2D eigenvalue weighted by Crippen LogP contribution is -2.64. The molecule has 180 valence electrons. The van der Waals surface area contributed by atoms with Crippen molar-refractivity contribution in [3.8, 4) is 17.2 Å². The highest BCUT2D eigenvalue weighted by Crippen LogP contribution is 2.37. The average molecular weight is 466 g/mol. The van der Waals surface area contributed by atoms with Crippen LogP contribution in [0.15, 0.2) is 30.6 Å². The second-order valence-electron chi connectivity index (χ2n) is 10.1. The summed E-state index contributed by atoms with van der Waals surface area (Å²) in [6.45, 7) is 3.29. The number of benzene rings is 1. The number of carbonyl (C=O) groups excluding carboxylic acids is 1. The Kier molecular flexibility index (Phi) is 6.66. The van der Waals surface area contributed by atoms with E-state index in [9.17, 15) is 14.4 Å². The molecule has 1 amide bonds. The molecule has 0 unspecified atom stereocenters. The zero-order valence-corrected chi connectivity index (χ0v) is 19.4. The molecular weight excluding hydrogens is 433 g/mol. The quantitative estimate of drug-likeness (QED) is 0.655. The lowest BCUT2D eigenvalue weighted by molar-refractivity contribution is -0.131. The number of fused-ring (bicyclic) bond motifs is 3. The van der Waals surface area contributed by atoms with Gasteiger partial charge in [0, 0.05) is 37.9 Å². The Labute approximate surface area is 199 Å². The van der Waals surface area contributed by atoms with Gasteiger partial charge in [0.2, 0.25) is 5.91 Å². The summed E-state index contributed by atoms with van der Waals surface area (Å²) < 4.78 is 22.3. The second kappa shape index (κ2) is 9.85. The smallest absolute Gasteiger partial charge is 0.241 e. The van der Waals surface area contributed by atoms with E-state index in [1.165, 1.54) is 6.07 Å². The van der Waals surface area contributed by atoms with Gasteiger partial charge in [0.15, 0.2) is 0 Å². The van der Waals surface area contributed by atoms with E-state index in [0.29, 0.717) is 17.4 Å². The highest BCUT2D eigenvalue weighted by Gasteiger charge is 2.46. The molecule has 3 saturated heterocycles. The van der Waals surface area contributed by atoms with Gasteiger partial charge in [-0.05, 0) is 74.1 Å². The van der Waals surface area contributed by atoms with Crippen LogP contribution in [0.1, 0.15) is 44.1 Å². The van der Waals surface area contributed by atoms with Crippen LogP contribution >= 0.6 is 0 Å². The van der Waals surface area contributed by atoms with Crippen molar-refractivity contribution < 1.29 is 13.9 Å². The van der Waals surface area contributed by atoms with Gasteiger partial charge in [-0.15, -0.1) is 0 Å². The maximum atomic E-state index is 15.0. The molecule has 7 nitrogen and oxygen atoms in total. The molecule has 6 rings (SSSR count). The maximum absolute atomic E-state index is 15.0. The van der Waals surface area contributed by atoms with Crippen molar-refractivity contribution >= 4 is 5.91 Å². The summed E-state index contributed by atoms with van der Waals surface area (Å²) in [6, 6.07) is 6.42. The predicted octanol–water partition coefficient (Wildman–Crippen LogP) is 3.20. The molecular formula is C26H32FN5O2. The van der Waals surface area contributed by atoms with Crippen LogP contribution in [0.5, 0.6) is 0 Å². The minimum absolute atomic E-state index is 0.133. The minimum Gasteiger partial charge on any atom is -0.381 e. The molecule has 4 aliphatic rings. The van der Waals surface area contributed by atoms with E-state index < -0.39 is 11.6 Å². The van der Waals surface area contributed by atoms with Gasteiger partial charge in [-0.3, -0.25) is 9.48 Å². The van der Waals surface area contributed by atoms with E-state index in [4.69, 9.17) is 4.74 Å². The largest absolute Gasteiger partial charge is 0.381 e. The minimum atomic E-state index is -0.772. The standard InChI is InChI=1S/C26H32FN5O2/c27-24-12-20(22-15-30-32(17-22)16-19-5-9-34-10-6-19)1-2-21(24)11-23(13-28)31-25(33)26-7-3-18(4-8-26)14-29-26/h1-2,12,15,17-19,23,29H,3-11,14,16H2,(H,31,33)/t18?,23-,26?/m0/s1. The SMILES string of the molecule is N#C[C@H](Cc1ccc(-c2cnn(CC3CCOCC3)c2)cc1F)NC(=O)C12CCC(CC1)CN2. The summed E-state index contributed by atoms with van der Waals surface area (Å²) in [7, 11) is 0. The van der Waals surface area contributed by atoms with Crippen LogP contribution in [0.4, 0.5) is 4.39 Å². The number of piperidine rings is 2. The molecule has 0 spiro atoms. The summed E-state index contributed by atoms with van der Waals surface area (Å²) in [5.74, 6) is 0.699. The molecule has 1 atom stereocenters. The molecule has 2 aromatic rings. The monoisotopic (exact) mass is 465 g/mol. The number of ether oxygens (including phenoxy) is 1. The van der Waals surface area contributed by atoms with Gasteiger partial charge < -0.3 is 15.4 Å². The van der Waals surface area contributed by atoms with Gasteiger partial charge in [0.05, 0.1) is 17.8 Å². The van der Waals surface area contributed by atoms with Gasteiger partial charge >= 0.3 is 0 Å². The highest BCUT2D eigenvalue weighted by atomic mass is 19.1. The Morgan fingerprint density at radius 2 is 2.09 bits per heavy atom. The van der Waals surface area contributed by atoms with Gasteiger partial charge in [-0.25, -0.2) is 4.39 Å². The highest BCUT2D eigenvalue weighted by molar-refractivity contribution is 5.87. The third-order valence-electron chi connectivity index (χ3n) is 7.81. The Balaban J connectivity index is 1.22. The van der Waals surface area contributed by atoms with Crippen LogP contribution in [0, 0.1) is 29.0 Å². The summed E-state index contributed by atoms with van der Waals surface area (Å²) in [5, 5.41) is 20.3. The molecule has 2 bridgehead atoms. The van der Waals surface area contributed by atoms with Crippen molar-refractivity contribution in [3.63, 3.8) is 0 Å². The van der Waals surface area contributed by atoms with Crippen molar-refractivity contribution in [2.45, 2.75) is 63.1 Å². The number of amides is 1. The first-order valence-corrected chi connectivity index (χ1v) is 12.4. The number of halogens is 1. The lowest BCUT2D eigenvalue weighted by atomic mass is 9.71. The van der Waals surface area contributed by atoms with Crippen LogP contribution in [0.25, 0.3) is 11.1 Å². The number of carbonyl (C=O) groups is 1. The molecule has 4 fully saturated rings. The van der Waals surface area contributed by atoms with E-state index in [-0.39, 0.29) is 18.1 Å². The molecule has 2 N–H and O–H groups in total. The number of hydrogen-bond donors (Lipinski definition) is 2. The van der Waals surface area contributed by atoms with Crippen molar-refractivity contribution in [1.29, 1.82) is 5.26 Å². The van der Waals surface area contributed by atoms with E-state index in [1.807, 2.05) is 16.9 Å². The molecule has 1 aromatic carbocycles. The maximum Gasteiger partial charge on any atom is 0.241 e. The third kappa shape index (κ3) is 4.86. The molecule has 1 saturated carbocycles. The molecule has 4 heterocycles. The van der Waals surface area contributed by atoms with Gasteiger partial charge in [0.1, 0.15) is 11.9 Å². The molecule has 1 aliphatic carbocycles. The summed E-state index contributed by atoms with van der Waals surface area (Å²) in [5.41, 5.74) is 1.46. The van der Waals surface area contributed by atoms with Gasteiger partial charge in [0.25, 0.3) is 0 Å². The number of nitriles is 1. The first kappa shape index (κ1) is 23.0. The summed E-state index contributed by atoms with van der Waals surface area (Å²) >= 11 is 0. The Morgan fingerprint density at radius 1 is 1.29 bits per heavy atom. The van der Waals surface area contributed by atoms with E-state index in [1.54, 1.807) is 12.3 Å².